The highest BCUT2D eigenvalue weighted by atomic mass is 35.5. The molecule has 0 aromatic carbocycles. The van der Waals surface area contributed by atoms with Crippen LogP contribution in [0.15, 0.2) is 0 Å². The molecule has 0 aromatic rings. The average Bonchev–Trinajstić information content (AvgIpc) is 1.64. The Labute approximate surface area is 59.1 Å². The molecule has 0 aromatic heterocycles. The van der Waals surface area contributed by atoms with Gasteiger partial charge < -0.3 is 15.9 Å². The summed E-state index contributed by atoms with van der Waals surface area (Å²) >= 11 is 0. The minimum atomic E-state index is -1.44. The van der Waals surface area contributed by atoms with Crippen LogP contribution in [-0.4, -0.2) is 28.3 Å². The van der Waals surface area contributed by atoms with Gasteiger partial charge in [-0.05, 0) is 6.92 Å². The quantitative estimate of drug-likeness (QED) is 0.488. The van der Waals surface area contributed by atoms with E-state index in [1.54, 1.807) is 0 Å². The summed E-state index contributed by atoms with van der Waals surface area (Å²) in [4.78, 5) is 9.81. The number of carboxylic acids is 1. The second-order valence-electron chi connectivity index (χ2n) is 1.64. The van der Waals surface area contributed by atoms with Crippen LogP contribution in [0.2, 0.25) is 0 Å². The van der Waals surface area contributed by atoms with E-state index in [0.717, 1.165) is 0 Å². The number of aliphatic hydroxyl groups excluding tert-OH is 1. The molecule has 0 radical (unpaired) electrons. The first-order chi connectivity index (χ1) is 3.55. The van der Waals surface area contributed by atoms with Crippen molar-refractivity contribution in [2.75, 3.05) is 0 Å². The summed E-state index contributed by atoms with van der Waals surface area (Å²) in [6.45, 7) is 1.43. The van der Waals surface area contributed by atoms with Crippen molar-refractivity contribution in [3.8, 4) is 0 Å². The fourth-order valence-corrected chi connectivity index (χ4v) is 0.225. The Morgan fingerprint density at radius 3 is 2.00 bits per heavy atom. The van der Waals surface area contributed by atoms with E-state index in [-0.39, 0.29) is 12.4 Å². The molecule has 1 unspecified atom stereocenters. The molecular weight excluding hydrogens is 146 g/mol. The minimum absolute atomic E-state index is 0. The third-order valence-electron chi connectivity index (χ3n) is 0.751. The SMILES string of the molecule is CC(N)[C@@H](O)C(=O)O.Cl. The zero-order chi connectivity index (χ0) is 6.73. The lowest BCUT2D eigenvalue weighted by molar-refractivity contribution is -0.147. The fourth-order valence-electron chi connectivity index (χ4n) is 0.225. The van der Waals surface area contributed by atoms with Gasteiger partial charge in [-0.15, -0.1) is 12.4 Å². The first kappa shape index (κ1) is 11.5. The number of carboxylic acid groups (broad SMARTS) is 1. The van der Waals surface area contributed by atoms with Gasteiger partial charge in [-0.25, -0.2) is 4.79 Å². The third kappa shape index (κ3) is 4.20. The Balaban J connectivity index is 0. The van der Waals surface area contributed by atoms with Crippen molar-refractivity contribution in [2.24, 2.45) is 5.73 Å². The predicted octanol–water partition coefficient (Wildman–Crippen LogP) is -0.799. The summed E-state index contributed by atoms with van der Waals surface area (Å²) in [6, 6.07) is -0.701. The number of aliphatic hydroxyl groups is 1. The van der Waals surface area contributed by atoms with Gasteiger partial charge in [-0.3, -0.25) is 0 Å². The summed E-state index contributed by atoms with van der Waals surface area (Å²) in [6.07, 6.45) is -1.44. The van der Waals surface area contributed by atoms with Gasteiger partial charge in [0.05, 0.1) is 0 Å². The number of hydrogen-bond acceptors (Lipinski definition) is 3. The maximum absolute atomic E-state index is 9.81. The molecule has 0 spiro atoms. The van der Waals surface area contributed by atoms with Gasteiger partial charge in [0.2, 0.25) is 0 Å². The van der Waals surface area contributed by atoms with Gasteiger partial charge >= 0.3 is 5.97 Å². The van der Waals surface area contributed by atoms with E-state index in [1.807, 2.05) is 0 Å². The van der Waals surface area contributed by atoms with E-state index in [1.165, 1.54) is 6.92 Å². The van der Waals surface area contributed by atoms with Gasteiger partial charge in [0.15, 0.2) is 6.10 Å². The Morgan fingerprint density at radius 1 is 1.67 bits per heavy atom. The van der Waals surface area contributed by atoms with Crippen molar-refractivity contribution < 1.29 is 15.0 Å². The number of aliphatic carboxylic acids is 1. The average molecular weight is 156 g/mol. The van der Waals surface area contributed by atoms with E-state index in [9.17, 15) is 4.79 Å². The van der Waals surface area contributed by atoms with Crippen LogP contribution in [-0.2, 0) is 4.79 Å². The fraction of sp³-hybridized carbons (Fsp3) is 0.750. The summed E-state index contributed by atoms with van der Waals surface area (Å²) in [5.74, 6) is -1.28. The first-order valence-corrected chi connectivity index (χ1v) is 2.22. The van der Waals surface area contributed by atoms with Crippen LogP contribution in [0.25, 0.3) is 0 Å². The molecule has 0 heterocycles. The molecular formula is C4H10ClNO3. The van der Waals surface area contributed by atoms with Crippen molar-refractivity contribution >= 4 is 18.4 Å². The molecule has 9 heavy (non-hydrogen) atoms. The topological polar surface area (TPSA) is 83.5 Å². The van der Waals surface area contributed by atoms with E-state index < -0.39 is 18.1 Å². The smallest absolute Gasteiger partial charge is 0.334 e. The monoisotopic (exact) mass is 155 g/mol. The van der Waals surface area contributed by atoms with Crippen molar-refractivity contribution in [2.45, 2.75) is 19.1 Å². The van der Waals surface area contributed by atoms with Gasteiger partial charge in [-0.1, -0.05) is 0 Å². The van der Waals surface area contributed by atoms with E-state index in [0.29, 0.717) is 0 Å². The molecule has 4 nitrogen and oxygen atoms in total. The van der Waals surface area contributed by atoms with Crippen LogP contribution in [0, 0.1) is 0 Å². The lowest BCUT2D eigenvalue weighted by Gasteiger charge is -2.06. The highest BCUT2D eigenvalue weighted by molar-refractivity contribution is 5.85. The second kappa shape index (κ2) is 4.55. The molecule has 0 aliphatic heterocycles. The zero-order valence-electron chi connectivity index (χ0n) is 4.94. The highest BCUT2D eigenvalue weighted by Crippen LogP contribution is 1.86. The van der Waals surface area contributed by atoms with Crippen LogP contribution in [0.5, 0.6) is 0 Å². The third-order valence-corrected chi connectivity index (χ3v) is 0.751. The maximum Gasteiger partial charge on any atom is 0.334 e. The summed E-state index contributed by atoms with van der Waals surface area (Å²) < 4.78 is 0. The largest absolute Gasteiger partial charge is 0.479 e. The van der Waals surface area contributed by atoms with Crippen LogP contribution in [0.1, 0.15) is 6.92 Å². The second-order valence-corrected chi connectivity index (χ2v) is 1.64. The standard InChI is InChI=1S/C4H9NO3.ClH/c1-2(5)3(6)4(7)8;/h2-3,6H,5H2,1H3,(H,7,8);1H/t2?,3-;/m1./s1. The van der Waals surface area contributed by atoms with E-state index in [2.05, 4.69) is 0 Å². The number of rotatable bonds is 2. The number of nitrogens with two attached hydrogens (primary N) is 1. The van der Waals surface area contributed by atoms with Gasteiger partial charge in [-0.2, -0.15) is 0 Å². The molecule has 5 heteroatoms. The van der Waals surface area contributed by atoms with Crippen LogP contribution in [0.4, 0.5) is 0 Å². The number of hydrogen-bond donors (Lipinski definition) is 3. The Morgan fingerprint density at radius 2 is 2.00 bits per heavy atom. The molecule has 0 fully saturated rings. The van der Waals surface area contributed by atoms with Gasteiger partial charge in [0.1, 0.15) is 0 Å². The van der Waals surface area contributed by atoms with E-state index >= 15 is 0 Å². The summed E-state index contributed by atoms with van der Waals surface area (Å²) in [5, 5.41) is 16.5. The lowest BCUT2D eigenvalue weighted by Crippen LogP contribution is -2.37. The molecule has 4 N–H and O–H groups in total. The molecule has 56 valence electrons. The van der Waals surface area contributed by atoms with Gasteiger partial charge in [0.25, 0.3) is 0 Å². The van der Waals surface area contributed by atoms with Crippen LogP contribution < -0.4 is 5.73 Å². The Kier molecular flexibility index (Phi) is 5.80. The van der Waals surface area contributed by atoms with Crippen LogP contribution in [0.3, 0.4) is 0 Å². The summed E-state index contributed by atoms with van der Waals surface area (Å²) in [5.41, 5.74) is 5.01. The highest BCUT2D eigenvalue weighted by Gasteiger charge is 2.16. The van der Waals surface area contributed by atoms with Crippen molar-refractivity contribution in [1.29, 1.82) is 0 Å². The van der Waals surface area contributed by atoms with Crippen LogP contribution >= 0.6 is 12.4 Å². The van der Waals surface area contributed by atoms with Crippen molar-refractivity contribution in [1.82, 2.24) is 0 Å². The minimum Gasteiger partial charge on any atom is -0.479 e. The normalized spacial score (nSPS) is 15.4. The molecule has 0 saturated carbocycles. The Bertz CT molecular complexity index is 95.8. The molecule has 2 atom stereocenters. The van der Waals surface area contributed by atoms with E-state index in [4.69, 9.17) is 15.9 Å². The molecule has 0 bridgehead atoms. The Hall–Kier alpha value is -0.320. The lowest BCUT2D eigenvalue weighted by atomic mass is 10.2. The predicted molar refractivity (Wildman–Crippen MR) is 34.5 cm³/mol. The number of carbonyl (C=O) groups is 1. The molecule has 0 amide bonds. The molecule has 0 aliphatic carbocycles. The first-order valence-electron chi connectivity index (χ1n) is 2.22. The molecule has 0 aliphatic rings. The molecule has 0 saturated heterocycles. The maximum atomic E-state index is 9.81. The van der Waals surface area contributed by atoms with Gasteiger partial charge in [0, 0.05) is 6.04 Å². The van der Waals surface area contributed by atoms with Crippen molar-refractivity contribution in [3.05, 3.63) is 0 Å². The molecule has 0 rings (SSSR count). The zero-order valence-corrected chi connectivity index (χ0v) is 5.76. The summed E-state index contributed by atoms with van der Waals surface area (Å²) in [7, 11) is 0. The number of halogens is 1. The van der Waals surface area contributed by atoms with Crippen molar-refractivity contribution in [3.63, 3.8) is 0 Å².